The van der Waals surface area contributed by atoms with Crippen LogP contribution in [0.3, 0.4) is 0 Å². The van der Waals surface area contributed by atoms with Crippen molar-refractivity contribution in [1.82, 2.24) is 9.78 Å². The number of rotatable bonds is 3. The molecule has 0 amide bonds. The van der Waals surface area contributed by atoms with Crippen molar-refractivity contribution in [3.8, 4) is 17.2 Å². The normalized spacial score (nSPS) is 10.8. The predicted octanol–water partition coefficient (Wildman–Crippen LogP) is 4.48. The molecule has 118 valence electrons. The average Bonchev–Trinajstić information content (AvgIpc) is 2.85. The Hall–Kier alpha value is -1.86. The van der Waals surface area contributed by atoms with Crippen LogP contribution in [0.5, 0.6) is 11.5 Å². The largest absolute Gasteiger partial charge is 0.497 e. The Balaban J connectivity index is 2.13. The van der Waals surface area contributed by atoms with Crippen LogP contribution in [0, 0.1) is 0 Å². The van der Waals surface area contributed by atoms with E-state index in [4.69, 9.17) is 9.47 Å². The number of nitrogens with zero attached hydrogens (tertiary/aromatic N) is 2. The second-order valence-electron chi connectivity index (χ2n) is 4.80. The van der Waals surface area contributed by atoms with Gasteiger partial charge in [-0.3, -0.25) is 4.79 Å². The molecule has 0 saturated carbocycles. The number of ether oxygens (including phenoxy) is 2. The fourth-order valence-corrected chi connectivity index (χ4v) is 3.32. The van der Waals surface area contributed by atoms with E-state index in [0.717, 1.165) is 31.4 Å². The Morgan fingerprint density at radius 2 is 1.83 bits per heavy atom. The van der Waals surface area contributed by atoms with Crippen molar-refractivity contribution in [2.24, 2.45) is 0 Å². The van der Waals surface area contributed by atoms with Gasteiger partial charge in [-0.25, -0.2) is 4.68 Å². The van der Waals surface area contributed by atoms with Gasteiger partial charge >= 0.3 is 5.97 Å². The molecule has 0 atom stereocenters. The zero-order valence-electron chi connectivity index (χ0n) is 12.3. The molecule has 0 spiro atoms. The van der Waals surface area contributed by atoms with Gasteiger partial charge in [0.05, 0.1) is 12.8 Å². The zero-order valence-corrected chi connectivity index (χ0v) is 15.5. The monoisotopic (exact) mass is 438 g/mol. The lowest BCUT2D eigenvalue weighted by Gasteiger charge is -2.04. The van der Waals surface area contributed by atoms with Crippen molar-refractivity contribution in [1.29, 1.82) is 0 Å². The van der Waals surface area contributed by atoms with Gasteiger partial charge in [-0.1, -0.05) is 0 Å². The van der Waals surface area contributed by atoms with E-state index in [0.29, 0.717) is 5.75 Å². The molecule has 1 aromatic heterocycles. The topological polar surface area (TPSA) is 53.4 Å². The van der Waals surface area contributed by atoms with Gasteiger partial charge in [-0.05, 0) is 68.3 Å². The number of carbonyl (C=O) groups excluding carboxylic acids is 1. The molecule has 0 radical (unpaired) electrons. The van der Waals surface area contributed by atoms with Crippen molar-refractivity contribution in [2.75, 3.05) is 7.11 Å². The van der Waals surface area contributed by atoms with Gasteiger partial charge in [0.2, 0.25) is 0 Å². The second kappa shape index (κ2) is 6.33. The summed E-state index contributed by atoms with van der Waals surface area (Å²) >= 11 is 7.04. The van der Waals surface area contributed by atoms with Crippen molar-refractivity contribution in [2.45, 2.75) is 6.92 Å². The molecule has 0 aliphatic heterocycles. The summed E-state index contributed by atoms with van der Waals surface area (Å²) in [5.74, 6) is 0.877. The molecule has 3 aromatic rings. The third kappa shape index (κ3) is 3.11. The first-order valence-corrected chi connectivity index (χ1v) is 8.29. The lowest BCUT2D eigenvalue weighted by molar-refractivity contribution is -0.131. The van der Waals surface area contributed by atoms with Crippen molar-refractivity contribution >= 4 is 48.7 Å². The Kier molecular flexibility index (Phi) is 4.41. The molecule has 7 heteroatoms. The van der Waals surface area contributed by atoms with E-state index in [2.05, 4.69) is 37.0 Å². The van der Waals surface area contributed by atoms with Gasteiger partial charge < -0.3 is 9.47 Å². The second-order valence-corrected chi connectivity index (χ2v) is 6.40. The fraction of sp³-hybridized carbons (Fsp3) is 0.125. The summed E-state index contributed by atoms with van der Waals surface area (Å²) in [5, 5.41) is 5.44. The first kappa shape index (κ1) is 16.0. The Morgan fingerprint density at radius 1 is 1.13 bits per heavy atom. The number of fused-ring (bicyclic) bond motifs is 1. The van der Waals surface area contributed by atoms with E-state index in [1.54, 1.807) is 23.9 Å². The fourth-order valence-electron chi connectivity index (χ4n) is 2.21. The highest BCUT2D eigenvalue weighted by Crippen LogP contribution is 2.35. The molecule has 0 aliphatic rings. The van der Waals surface area contributed by atoms with Crippen LogP contribution in [0.4, 0.5) is 0 Å². The standard InChI is InChI=1S/C16H12Br2N2O3/c1-9(21)23-12-7-13-15(14(17)8-12)19-20(16(13)18)10-3-5-11(22-2)6-4-10/h3-8H,1-2H3. The minimum Gasteiger partial charge on any atom is -0.497 e. The summed E-state index contributed by atoms with van der Waals surface area (Å²) < 4.78 is 13.6. The lowest BCUT2D eigenvalue weighted by Crippen LogP contribution is -2.01. The van der Waals surface area contributed by atoms with Gasteiger partial charge in [-0.2, -0.15) is 5.10 Å². The van der Waals surface area contributed by atoms with Gasteiger partial charge in [0.25, 0.3) is 0 Å². The van der Waals surface area contributed by atoms with Crippen LogP contribution in [-0.4, -0.2) is 22.9 Å². The van der Waals surface area contributed by atoms with Crippen LogP contribution in [-0.2, 0) is 4.79 Å². The number of methoxy groups -OCH3 is 1. The molecular formula is C16H12Br2N2O3. The minimum atomic E-state index is -0.366. The van der Waals surface area contributed by atoms with E-state index in [9.17, 15) is 4.79 Å². The lowest BCUT2D eigenvalue weighted by atomic mass is 10.2. The first-order valence-electron chi connectivity index (χ1n) is 6.70. The Labute approximate surface area is 149 Å². The summed E-state index contributed by atoms with van der Waals surface area (Å²) in [6, 6.07) is 11.1. The average molecular weight is 440 g/mol. The molecule has 0 aliphatic carbocycles. The summed E-state index contributed by atoms with van der Waals surface area (Å²) in [6.07, 6.45) is 0. The van der Waals surface area contributed by atoms with Crippen LogP contribution in [0.2, 0.25) is 0 Å². The van der Waals surface area contributed by atoms with Crippen molar-refractivity contribution < 1.29 is 14.3 Å². The number of esters is 1. The molecular weight excluding hydrogens is 428 g/mol. The number of benzene rings is 2. The molecule has 0 unspecified atom stereocenters. The minimum absolute atomic E-state index is 0.366. The summed E-state index contributed by atoms with van der Waals surface area (Å²) in [5.41, 5.74) is 1.65. The Morgan fingerprint density at radius 3 is 2.43 bits per heavy atom. The highest BCUT2D eigenvalue weighted by Gasteiger charge is 2.15. The summed E-state index contributed by atoms with van der Waals surface area (Å²) in [4.78, 5) is 11.2. The molecule has 5 nitrogen and oxygen atoms in total. The molecule has 0 saturated heterocycles. The Bertz CT molecular complexity index is 888. The van der Waals surface area contributed by atoms with E-state index >= 15 is 0 Å². The summed E-state index contributed by atoms with van der Waals surface area (Å²) in [7, 11) is 1.63. The first-order chi connectivity index (χ1) is 11.0. The van der Waals surface area contributed by atoms with Gasteiger partial charge in [0.15, 0.2) is 0 Å². The quantitative estimate of drug-likeness (QED) is 0.445. The van der Waals surface area contributed by atoms with Crippen molar-refractivity contribution in [3.05, 3.63) is 45.5 Å². The van der Waals surface area contributed by atoms with Crippen LogP contribution in [0.25, 0.3) is 16.6 Å². The molecule has 3 rings (SSSR count). The van der Waals surface area contributed by atoms with E-state index in [1.807, 2.05) is 24.3 Å². The number of halogens is 2. The number of aromatic nitrogens is 2. The molecule has 0 bridgehead atoms. The van der Waals surface area contributed by atoms with Gasteiger partial charge in [0, 0.05) is 16.8 Å². The highest BCUT2D eigenvalue weighted by molar-refractivity contribution is 9.11. The van der Waals surface area contributed by atoms with Crippen LogP contribution in [0.1, 0.15) is 6.92 Å². The number of hydrogen-bond acceptors (Lipinski definition) is 4. The third-order valence-electron chi connectivity index (χ3n) is 3.22. The predicted molar refractivity (Wildman–Crippen MR) is 94.3 cm³/mol. The molecule has 2 aromatic carbocycles. The van der Waals surface area contributed by atoms with E-state index in [-0.39, 0.29) is 5.97 Å². The van der Waals surface area contributed by atoms with Gasteiger partial charge in [-0.15, -0.1) is 0 Å². The highest BCUT2D eigenvalue weighted by atomic mass is 79.9. The third-order valence-corrected chi connectivity index (χ3v) is 4.59. The molecule has 0 fully saturated rings. The maximum Gasteiger partial charge on any atom is 0.308 e. The van der Waals surface area contributed by atoms with Gasteiger partial charge in [0.1, 0.15) is 21.6 Å². The molecule has 0 N–H and O–H groups in total. The SMILES string of the molecule is COc1ccc(-n2nc3c(Br)cc(OC(C)=O)cc3c2Br)cc1. The smallest absolute Gasteiger partial charge is 0.308 e. The van der Waals surface area contributed by atoms with Crippen LogP contribution >= 0.6 is 31.9 Å². The maximum absolute atomic E-state index is 11.2. The van der Waals surface area contributed by atoms with Crippen LogP contribution < -0.4 is 9.47 Å². The zero-order chi connectivity index (χ0) is 16.6. The molecule has 23 heavy (non-hydrogen) atoms. The van der Waals surface area contributed by atoms with Crippen molar-refractivity contribution in [3.63, 3.8) is 0 Å². The van der Waals surface area contributed by atoms with E-state index < -0.39 is 0 Å². The molecule has 1 heterocycles. The number of hydrogen-bond donors (Lipinski definition) is 0. The van der Waals surface area contributed by atoms with Crippen LogP contribution in [0.15, 0.2) is 45.5 Å². The number of carbonyl (C=O) groups is 1. The maximum atomic E-state index is 11.2. The van der Waals surface area contributed by atoms with E-state index in [1.165, 1.54) is 6.92 Å². The summed E-state index contributed by atoms with van der Waals surface area (Å²) in [6.45, 7) is 1.37.